The second-order valence-electron chi connectivity index (χ2n) is 7.12. The molecule has 1 aliphatic heterocycles. The van der Waals surface area contributed by atoms with Gasteiger partial charge in [0.1, 0.15) is 0 Å². The summed E-state index contributed by atoms with van der Waals surface area (Å²) in [6, 6.07) is 26.1. The molecule has 1 fully saturated rings. The highest BCUT2D eigenvalue weighted by Crippen LogP contribution is 2.30. The molecule has 2 N–H and O–H groups in total. The Morgan fingerprint density at radius 3 is 2.10 bits per heavy atom. The second-order valence-corrected chi connectivity index (χ2v) is 7.12. The fraction of sp³-hybridized carbons (Fsp3) is 0.208. The average Bonchev–Trinajstić information content (AvgIpc) is 2.80. The van der Waals surface area contributed by atoms with Crippen LogP contribution in [-0.4, -0.2) is 44.0 Å². The Hall–Kier alpha value is -3.47. The normalized spacial score (nSPS) is 13.8. The van der Waals surface area contributed by atoms with Crippen molar-refractivity contribution in [3.63, 3.8) is 0 Å². The Labute approximate surface area is 172 Å². The van der Waals surface area contributed by atoms with Gasteiger partial charge in [0.05, 0.1) is 11.4 Å². The van der Waals surface area contributed by atoms with E-state index in [4.69, 9.17) is 0 Å². The van der Waals surface area contributed by atoms with Gasteiger partial charge in [-0.15, -0.1) is 0 Å². The van der Waals surface area contributed by atoms with E-state index in [-0.39, 0.29) is 5.91 Å². The lowest BCUT2D eigenvalue weighted by Crippen LogP contribution is -2.48. The summed E-state index contributed by atoms with van der Waals surface area (Å²) in [5, 5.41) is 6.75. The monoisotopic (exact) mass is 386 g/mol. The molecule has 5 heteroatoms. The lowest BCUT2D eigenvalue weighted by molar-refractivity contribution is 0.0747. The molecule has 4 rings (SSSR count). The molecular formula is C24H26N4O. The summed E-state index contributed by atoms with van der Waals surface area (Å²) >= 11 is 0. The number of carbonyl (C=O) groups is 1. The van der Waals surface area contributed by atoms with Gasteiger partial charge in [-0.3, -0.25) is 4.79 Å². The molecule has 0 radical (unpaired) electrons. The first-order chi connectivity index (χ1) is 14.2. The van der Waals surface area contributed by atoms with E-state index in [0.29, 0.717) is 0 Å². The largest absolute Gasteiger partial charge is 0.386 e. The lowest BCUT2D eigenvalue weighted by Gasteiger charge is -2.36. The van der Waals surface area contributed by atoms with Crippen molar-refractivity contribution in [1.29, 1.82) is 0 Å². The van der Waals surface area contributed by atoms with E-state index in [1.165, 1.54) is 0 Å². The molecule has 0 saturated carbocycles. The first kappa shape index (κ1) is 18.9. The van der Waals surface area contributed by atoms with Gasteiger partial charge in [0, 0.05) is 50.2 Å². The fourth-order valence-electron chi connectivity index (χ4n) is 3.66. The van der Waals surface area contributed by atoms with Crippen LogP contribution in [0.25, 0.3) is 0 Å². The highest BCUT2D eigenvalue weighted by Gasteiger charge is 2.22. The molecule has 29 heavy (non-hydrogen) atoms. The summed E-state index contributed by atoms with van der Waals surface area (Å²) in [4.78, 5) is 17.0. The van der Waals surface area contributed by atoms with E-state index in [1.54, 1.807) is 0 Å². The van der Waals surface area contributed by atoms with Crippen LogP contribution >= 0.6 is 0 Å². The average molecular weight is 386 g/mol. The Morgan fingerprint density at radius 2 is 1.45 bits per heavy atom. The van der Waals surface area contributed by atoms with E-state index in [9.17, 15) is 4.79 Å². The van der Waals surface area contributed by atoms with Crippen LogP contribution in [0.4, 0.5) is 22.7 Å². The molecule has 1 saturated heterocycles. The SMILES string of the molecule is CNc1ccc(N2CCN(C(=O)c3ccccc3)CC2)cc1Nc1ccccc1. The lowest BCUT2D eigenvalue weighted by atomic mass is 10.1. The Kier molecular flexibility index (Phi) is 5.66. The van der Waals surface area contributed by atoms with Gasteiger partial charge in [-0.1, -0.05) is 36.4 Å². The third-order valence-electron chi connectivity index (χ3n) is 5.28. The molecule has 0 atom stereocenters. The van der Waals surface area contributed by atoms with Gasteiger partial charge in [0.15, 0.2) is 0 Å². The van der Waals surface area contributed by atoms with Crippen LogP contribution in [0.1, 0.15) is 10.4 Å². The molecule has 1 aliphatic rings. The van der Waals surface area contributed by atoms with Gasteiger partial charge < -0.3 is 20.4 Å². The minimum absolute atomic E-state index is 0.113. The van der Waals surface area contributed by atoms with Crippen molar-refractivity contribution in [1.82, 2.24) is 4.90 Å². The number of hydrogen-bond acceptors (Lipinski definition) is 4. The quantitative estimate of drug-likeness (QED) is 0.681. The van der Waals surface area contributed by atoms with Crippen molar-refractivity contribution < 1.29 is 4.79 Å². The van der Waals surface area contributed by atoms with E-state index in [0.717, 1.165) is 54.5 Å². The van der Waals surface area contributed by atoms with Crippen molar-refractivity contribution in [3.05, 3.63) is 84.4 Å². The summed E-state index contributed by atoms with van der Waals surface area (Å²) in [7, 11) is 1.93. The van der Waals surface area contributed by atoms with Crippen LogP contribution in [-0.2, 0) is 0 Å². The molecule has 3 aromatic rings. The summed E-state index contributed by atoms with van der Waals surface area (Å²) in [5.74, 6) is 0.113. The number of hydrogen-bond donors (Lipinski definition) is 2. The molecule has 1 heterocycles. The summed E-state index contributed by atoms with van der Waals surface area (Å²) in [5.41, 5.74) is 5.07. The zero-order chi connectivity index (χ0) is 20.1. The van der Waals surface area contributed by atoms with Crippen molar-refractivity contribution >= 4 is 28.7 Å². The molecule has 0 bridgehead atoms. The summed E-state index contributed by atoms with van der Waals surface area (Å²) in [6.45, 7) is 3.09. The topological polar surface area (TPSA) is 47.6 Å². The van der Waals surface area contributed by atoms with Gasteiger partial charge in [-0.25, -0.2) is 0 Å². The zero-order valence-corrected chi connectivity index (χ0v) is 16.6. The molecular weight excluding hydrogens is 360 g/mol. The molecule has 3 aromatic carbocycles. The second kappa shape index (κ2) is 8.69. The Bertz CT molecular complexity index is 951. The predicted octanol–water partition coefficient (Wildman–Crippen LogP) is 4.43. The van der Waals surface area contributed by atoms with Gasteiger partial charge >= 0.3 is 0 Å². The fourth-order valence-corrected chi connectivity index (χ4v) is 3.66. The van der Waals surface area contributed by atoms with Crippen molar-refractivity contribution in [2.24, 2.45) is 0 Å². The van der Waals surface area contributed by atoms with Crippen LogP contribution in [0.15, 0.2) is 78.9 Å². The Morgan fingerprint density at radius 1 is 0.793 bits per heavy atom. The van der Waals surface area contributed by atoms with Gasteiger partial charge in [-0.2, -0.15) is 0 Å². The zero-order valence-electron chi connectivity index (χ0n) is 16.6. The molecule has 0 unspecified atom stereocenters. The molecule has 0 aliphatic carbocycles. The highest BCUT2D eigenvalue weighted by molar-refractivity contribution is 5.94. The maximum atomic E-state index is 12.7. The van der Waals surface area contributed by atoms with Crippen molar-refractivity contribution in [2.75, 3.05) is 48.8 Å². The number of benzene rings is 3. The molecule has 148 valence electrons. The van der Waals surface area contributed by atoms with Crippen LogP contribution in [0.3, 0.4) is 0 Å². The molecule has 5 nitrogen and oxygen atoms in total. The van der Waals surface area contributed by atoms with Crippen LogP contribution < -0.4 is 15.5 Å². The number of carbonyl (C=O) groups excluding carboxylic acids is 1. The first-order valence-corrected chi connectivity index (χ1v) is 9.98. The van der Waals surface area contributed by atoms with E-state index >= 15 is 0 Å². The minimum atomic E-state index is 0.113. The number of rotatable bonds is 5. The Balaban J connectivity index is 1.45. The van der Waals surface area contributed by atoms with Gasteiger partial charge in [0.25, 0.3) is 5.91 Å². The molecule has 1 amide bonds. The van der Waals surface area contributed by atoms with Gasteiger partial charge in [-0.05, 0) is 42.5 Å². The number of piperazine rings is 1. The van der Waals surface area contributed by atoms with Crippen LogP contribution in [0, 0.1) is 0 Å². The predicted molar refractivity (Wildman–Crippen MR) is 120 cm³/mol. The molecule has 0 spiro atoms. The highest BCUT2D eigenvalue weighted by atomic mass is 16.2. The number of amides is 1. The maximum Gasteiger partial charge on any atom is 0.253 e. The van der Waals surface area contributed by atoms with Crippen LogP contribution in [0.2, 0.25) is 0 Å². The van der Waals surface area contributed by atoms with E-state index in [1.807, 2.05) is 60.5 Å². The third-order valence-corrected chi connectivity index (χ3v) is 5.28. The van der Waals surface area contributed by atoms with Crippen molar-refractivity contribution in [2.45, 2.75) is 0 Å². The minimum Gasteiger partial charge on any atom is -0.386 e. The number of nitrogens with zero attached hydrogens (tertiary/aromatic N) is 2. The van der Waals surface area contributed by atoms with Gasteiger partial charge in [0.2, 0.25) is 0 Å². The summed E-state index contributed by atoms with van der Waals surface area (Å²) < 4.78 is 0. The standard InChI is InChI=1S/C24H26N4O/c1-25-22-13-12-21(18-23(22)26-20-10-6-3-7-11-20)27-14-16-28(17-15-27)24(29)19-8-4-2-5-9-19/h2-13,18,25-26H,14-17H2,1H3. The number of anilines is 4. The smallest absolute Gasteiger partial charge is 0.253 e. The first-order valence-electron chi connectivity index (χ1n) is 9.98. The van der Waals surface area contributed by atoms with Crippen molar-refractivity contribution in [3.8, 4) is 0 Å². The van der Waals surface area contributed by atoms with E-state index < -0.39 is 0 Å². The third kappa shape index (κ3) is 4.35. The molecule has 0 aromatic heterocycles. The van der Waals surface area contributed by atoms with Crippen LogP contribution in [0.5, 0.6) is 0 Å². The van der Waals surface area contributed by atoms with E-state index in [2.05, 4.69) is 45.9 Å². The summed E-state index contributed by atoms with van der Waals surface area (Å²) in [6.07, 6.45) is 0. The number of nitrogens with one attached hydrogen (secondary N) is 2. The maximum absolute atomic E-state index is 12.7. The number of para-hydroxylation sites is 1.